The lowest BCUT2D eigenvalue weighted by molar-refractivity contribution is -0.126. The molecule has 0 aromatic carbocycles. The fourth-order valence-corrected chi connectivity index (χ4v) is 2.26. The van der Waals surface area contributed by atoms with Crippen molar-refractivity contribution < 1.29 is 24.9 Å². The predicted molar refractivity (Wildman–Crippen MR) is 84.1 cm³/mol. The van der Waals surface area contributed by atoms with Gasteiger partial charge in [-0.3, -0.25) is 4.79 Å². The van der Waals surface area contributed by atoms with Gasteiger partial charge >= 0.3 is 0 Å². The largest absolute Gasteiger partial charge is 0.485 e. The number of guanidine groups is 1. The molecule has 0 radical (unpaired) electrons. The van der Waals surface area contributed by atoms with E-state index in [1.54, 1.807) is 13.0 Å². The topological polar surface area (TPSA) is 163 Å². The van der Waals surface area contributed by atoms with Crippen LogP contribution in [0.2, 0.25) is 0 Å². The molecule has 5 atom stereocenters. The third kappa shape index (κ3) is 4.95. The van der Waals surface area contributed by atoms with Gasteiger partial charge in [-0.1, -0.05) is 6.58 Å². The van der Waals surface area contributed by atoms with Crippen LogP contribution in [0.4, 0.5) is 0 Å². The standard InChI is InChI=1S/C14H24N4O5/c1-6(2)10-4-8(18-14(15)16)11(17-7(3)20)13(23-10)12(22)9(21)5-19/h4,8-9,11-13,19,21-22H,1,5H2,2-3H3,(H,17,20)(H4,15,16,18)/t8-,9+,11+,12+,13+/m0/s1. The van der Waals surface area contributed by atoms with Crippen molar-refractivity contribution in [2.24, 2.45) is 16.5 Å². The highest BCUT2D eigenvalue weighted by molar-refractivity contribution is 5.76. The van der Waals surface area contributed by atoms with E-state index in [1.165, 1.54) is 6.92 Å². The van der Waals surface area contributed by atoms with Crippen LogP contribution in [0, 0.1) is 0 Å². The summed E-state index contributed by atoms with van der Waals surface area (Å²) in [5.74, 6) is -0.270. The van der Waals surface area contributed by atoms with E-state index in [4.69, 9.17) is 21.3 Å². The predicted octanol–water partition coefficient (Wildman–Crippen LogP) is -2.29. The first-order chi connectivity index (χ1) is 10.7. The molecule has 0 bridgehead atoms. The van der Waals surface area contributed by atoms with Crippen LogP contribution < -0.4 is 16.8 Å². The van der Waals surface area contributed by atoms with Crippen LogP contribution in [0.15, 0.2) is 29.0 Å². The number of nitrogens with two attached hydrogens (primary N) is 2. The number of carbonyl (C=O) groups is 1. The van der Waals surface area contributed by atoms with E-state index in [-0.39, 0.29) is 5.96 Å². The van der Waals surface area contributed by atoms with Gasteiger partial charge in [0.2, 0.25) is 5.91 Å². The number of aliphatic hydroxyl groups is 3. The SMILES string of the molecule is C=C(C)C1=C[C@H](N=C(N)N)[C@@H](NC(C)=O)[C@H]([C@H](O)[C@H](O)CO)O1. The van der Waals surface area contributed by atoms with Crippen molar-refractivity contribution in [3.05, 3.63) is 24.0 Å². The number of carbonyl (C=O) groups excluding carboxylic acids is 1. The molecule has 0 saturated carbocycles. The average molecular weight is 328 g/mol. The van der Waals surface area contributed by atoms with Crippen LogP contribution in [0.25, 0.3) is 0 Å². The number of ether oxygens (including phenoxy) is 1. The van der Waals surface area contributed by atoms with E-state index in [9.17, 15) is 15.0 Å². The Morgan fingerprint density at radius 3 is 2.52 bits per heavy atom. The van der Waals surface area contributed by atoms with Gasteiger partial charge < -0.3 is 36.8 Å². The number of amides is 1. The van der Waals surface area contributed by atoms with Gasteiger partial charge in [-0.2, -0.15) is 0 Å². The van der Waals surface area contributed by atoms with Gasteiger partial charge in [0.15, 0.2) is 5.96 Å². The highest BCUT2D eigenvalue weighted by atomic mass is 16.5. The molecule has 8 N–H and O–H groups in total. The summed E-state index contributed by atoms with van der Waals surface area (Å²) in [5.41, 5.74) is 11.4. The third-order valence-electron chi connectivity index (χ3n) is 3.31. The normalized spacial score (nSPS) is 26.3. The van der Waals surface area contributed by atoms with Crippen molar-refractivity contribution in [1.82, 2.24) is 5.32 Å². The lowest BCUT2D eigenvalue weighted by Gasteiger charge is -2.39. The fraction of sp³-hybridized carbons (Fsp3) is 0.571. The smallest absolute Gasteiger partial charge is 0.217 e. The Balaban J connectivity index is 3.28. The van der Waals surface area contributed by atoms with Crippen molar-refractivity contribution in [3.8, 4) is 0 Å². The lowest BCUT2D eigenvalue weighted by Crippen LogP contribution is -2.59. The molecule has 0 spiro atoms. The van der Waals surface area contributed by atoms with E-state index in [0.29, 0.717) is 11.3 Å². The molecule has 0 aliphatic carbocycles. The Kier molecular flexibility index (Phi) is 6.55. The molecule has 23 heavy (non-hydrogen) atoms. The summed E-state index contributed by atoms with van der Waals surface area (Å²) >= 11 is 0. The second-order valence-electron chi connectivity index (χ2n) is 5.41. The molecule has 9 nitrogen and oxygen atoms in total. The minimum Gasteiger partial charge on any atom is -0.485 e. The summed E-state index contributed by atoms with van der Waals surface area (Å²) in [7, 11) is 0. The summed E-state index contributed by atoms with van der Waals surface area (Å²) in [6.07, 6.45) is -2.44. The second-order valence-corrected chi connectivity index (χ2v) is 5.41. The molecule has 0 aromatic heterocycles. The van der Waals surface area contributed by atoms with Crippen LogP contribution in [-0.2, 0) is 9.53 Å². The first-order valence-electron chi connectivity index (χ1n) is 7.04. The number of hydrogen-bond donors (Lipinski definition) is 6. The summed E-state index contributed by atoms with van der Waals surface area (Å²) in [6.45, 7) is 6.05. The zero-order valence-electron chi connectivity index (χ0n) is 13.1. The molecular weight excluding hydrogens is 304 g/mol. The fourth-order valence-electron chi connectivity index (χ4n) is 2.26. The quantitative estimate of drug-likeness (QED) is 0.236. The average Bonchev–Trinajstić information content (AvgIpc) is 2.45. The Bertz CT molecular complexity index is 515. The van der Waals surface area contributed by atoms with E-state index in [1.807, 2.05) is 0 Å². The van der Waals surface area contributed by atoms with Crippen molar-refractivity contribution in [3.63, 3.8) is 0 Å². The molecule has 0 saturated heterocycles. The number of aliphatic hydroxyl groups excluding tert-OH is 3. The van der Waals surface area contributed by atoms with Crippen molar-refractivity contribution in [1.29, 1.82) is 0 Å². The molecule has 1 aliphatic heterocycles. The minimum absolute atomic E-state index is 0.208. The summed E-state index contributed by atoms with van der Waals surface area (Å²) in [6, 6.07) is -1.57. The van der Waals surface area contributed by atoms with Crippen molar-refractivity contribution in [2.75, 3.05) is 6.61 Å². The van der Waals surface area contributed by atoms with Gasteiger partial charge in [0.1, 0.15) is 24.1 Å². The Morgan fingerprint density at radius 2 is 2.09 bits per heavy atom. The monoisotopic (exact) mass is 328 g/mol. The van der Waals surface area contributed by atoms with E-state index < -0.39 is 42.9 Å². The molecule has 1 amide bonds. The van der Waals surface area contributed by atoms with Crippen LogP contribution in [0.5, 0.6) is 0 Å². The molecule has 1 rings (SSSR count). The highest BCUT2D eigenvalue weighted by Gasteiger charge is 2.42. The van der Waals surface area contributed by atoms with Gasteiger partial charge in [0.25, 0.3) is 0 Å². The zero-order chi connectivity index (χ0) is 17.7. The second kappa shape index (κ2) is 7.95. The number of allylic oxidation sites excluding steroid dienone is 1. The lowest BCUT2D eigenvalue weighted by atomic mass is 9.91. The number of aliphatic imine (C=N–C) groups is 1. The summed E-state index contributed by atoms with van der Waals surface area (Å²) in [4.78, 5) is 15.5. The maximum Gasteiger partial charge on any atom is 0.217 e. The molecule has 9 heteroatoms. The van der Waals surface area contributed by atoms with Crippen molar-refractivity contribution in [2.45, 2.75) is 44.2 Å². The minimum atomic E-state index is -1.48. The first-order valence-corrected chi connectivity index (χ1v) is 7.04. The van der Waals surface area contributed by atoms with Crippen LogP contribution in [0.3, 0.4) is 0 Å². The number of nitrogens with zero attached hydrogens (tertiary/aromatic N) is 1. The van der Waals surface area contributed by atoms with E-state index >= 15 is 0 Å². The molecule has 130 valence electrons. The molecule has 1 heterocycles. The van der Waals surface area contributed by atoms with E-state index in [0.717, 1.165) is 0 Å². The van der Waals surface area contributed by atoms with Crippen LogP contribution >= 0.6 is 0 Å². The first kappa shape index (κ1) is 18.9. The maximum absolute atomic E-state index is 11.5. The molecule has 1 aliphatic rings. The Labute approximate surface area is 134 Å². The van der Waals surface area contributed by atoms with Crippen LogP contribution in [-0.4, -0.2) is 64.2 Å². The van der Waals surface area contributed by atoms with Gasteiger partial charge in [-0.05, 0) is 18.6 Å². The zero-order valence-corrected chi connectivity index (χ0v) is 13.1. The molecular formula is C14H24N4O5. The summed E-state index contributed by atoms with van der Waals surface area (Å²) in [5, 5.41) is 31.6. The maximum atomic E-state index is 11.5. The molecule has 0 unspecified atom stereocenters. The van der Waals surface area contributed by atoms with Gasteiger partial charge in [0.05, 0.1) is 18.7 Å². The number of nitrogens with one attached hydrogen (secondary N) is 1. The van der Waals surface area contributed by atoms with Gasteiger partial charge in [-0.15, -0.1) is 0 Å². The van der Waals surface area contributed by atoms with E-state index in [2.05, 4.69) is 16.9 Å². The molecule has 0 fully saturated rings. The summed E-state index contributed by atoms with van der Waals surface area (Å²) < 4.78 is 5.63. The third-order valence-corrected chi connectivity index (χ3v) is 3.31. The highest BCUT2D eigenvalue weighted by Crippen LogP contribution is 2.27. The van der Waals surface area contributed by atoms with Gasteiger partial charge in [0, 0.05) is 6.92 Å². The number of rotatable bonds is 6. The Hall–Kier alpha value is -2.10. The number of hydrogen-bond acceptors (Lipinski definition) is 6. The Morgan fingerprint density at radius 1 is 1.48 bits per heavy atom. The molecule has 0 aromatic rings. The van der Waals surface area contributed by atoms with Crippen LogP contribution in [0.1, 0.15) is 13.8 Å². The van der Waals surface area contributed by atoms with Crippen molar-refractivity contribution >= 4 is 11.9 Å². The van der Waals surface area contributed by atoms with Gasteiger partial charge in [-0.25, -0.2) is 4.99 Å².